The predicted octanol–water partition coefficient (Wildman–Crippen LogP) is 3.64. The highest BCUT2D eigenvalue weighted by molar-refractivity contribution is 4.83. The fourth-order valence-corrected chi connectivity index (χ4v) is 3.07. The van der Waals surface area contributed by atoms with Gasteiger partial charge in [-0.2, -0.15) is 0 Å². The molecule has 1 aromatic heterocycles. The molecule has 0 aliphatic carbocycles. The van der Waals surface area contributed by atoms with Crippen LogP contribution in [0.2, 0.25) is 0 Å². The highest BCUT2D eigenvalue weighted by Gasteiger charge is 1.98. The van der Waals surface area contributed by atoms with Crippen LogP contribution in [0.3, 0.4) is 0 Å². The van der Waals surface area contributed by atoms with E-state index in [2.05, 4.69) is 42.1 Å². The van der Waals surface area contributed by atoms with Crippen molar-refractivity contribution >= 4 is 0 Å². The quantitative estimate of drug-likeness (QED) is 0.323. The standard InChI is InChI=1S/C21H38N.C3H9N.ClH/c1-2-3-4-5-6-7-8-9-10-11-12-13-14-16-19-22-20-17-15-18-21-22;1-4(2)3;/h15,17-18,20-21H,2-14,16,19H2,1H3;1-3H3;1H/q+1;;/p-1. The van der Waals surface area contributed by atoms with Gasteiger partial charge in [0.25, 0.3) is 0 Å². The average molecular weight is 399 g/mol. The first-order chi connectivity index (χ1) is 12.7. The minimum absolute atomic E-state index is 0. The van der Waals surface area contributed by atoms with Gasteiger partial charge >= 0.3 is 0 Å². The second-order valence-corrected chi connectivity index (χ2v) is 8.05. The molecule has 1 rings (SSSR count). The van der Waals surface area contributed by atoms with Gasteiger partial charge in [0.2, 0.25) is 0 Å². The van der Waals surface area contributed by atoms with E-state index in [9.17, 15) is 0 Å². The number of aryl methyl sites for hydroxylation is 1. The number of nitrogens with zero attached hydrogens (tertiary/aromatic N) is 2. The lowest BCUT2D eigenvalue weighted by Gasteiger charge is -2.02. The molecule has 0 amide bonds. The lowest BCUT2D eigenvalue weighted by molar-refractivity contribution is -0.697. The van der Waals surface area contributed by atoms with E-state index in [-0.39, 0.29) is 12.4 Å². The van der Waals surface area contributed by atoms with E-state index < -0.39 is 0 Å². The molecule has 0 unspecified atom stereocenters. The van der Waals surface area contributed by atoms with Gasteiger partial charge in [-0.3, -0.25) is 0 Å². The van der Waals surface area contributed by atoms with Gasteiger partial charge in [-0.25, -0.2) is 4.57 Å². The van der Waals surface area contributed by atoms with Crippen LogP contribution in [0.4, 0.5) is 0 Å². The van der Waals surface area contributed by atoms with Crippen molar-refractivity contribution in [1.82, 2.24) is 4.90 Å². The summed E-state index contributed by atoms with van der Waals surface area (Å²) in [6, 6.07) is 6.31. The SMILES string of the molecule is CCCCCCCCCCCCCCCC[n+]1ccccc1.CN(C)C.[Cl-]. The summed E-state index contributed by atoms with van der Waals surface area (Å²) >= 11 is 0. The minimum Gasteiger partial charge on any atom is -1.00 e. The van der Waals surface area contributed by atoms with Crippen molar-refractivity contribution in [2.45, 2.75) is 103 Å². The number of unbranched alkanes of at least 4 members (excludes halogenated alkanes) is 13. The van der Waals surface area contributed by atoms with Gasteiger partial charge in [-0.15, -0.1) is 0 Å². The molecule has 0 saturated carbocycles. The molecule has 2 nitrogen and oxygen atoms in total. The average Bonchev–Trinajstić information content (AvgIpc) is 2.62. The molecule has 0 aromatic carbocycles. The molecule has 0 saturated heterocycles. The Morgan fingerprint density at radius 2 is 0.889 bits per heavy atom. The van der Waals surface area contributed by atoms with Crippen LogP contribution in [0.15, 0.2) is 30.6 Å². The van der Waals surface area contributed by atoms with E-state index in [1.807, 2.05) is 26.0 Å². The lowest BCUT2D eigenvalue weighted by Crippen LogP contribution is -3.00. The van der Waals surface area contributed by atoms with Crippen molar-refractivity contribution in [2.75, 3.05) is 21.1 Å². The van der Waals surface area contributed by atoms with Crippen LogP contribution in [0.5, 0.6) is 0 Å². The fourth-order valence-electron chi connectivity index (χ4n) is 3.07. The smallest absolute Gasteiger partial charge is 0.168 e. The zero-order chi connectivity index (χ0) is 19.3. The maximum absolute atomic E-state index is 2.29. The summed E-state index contributed by atoms with van der Waals surface area (Å²) in [5.41, 5.74) is 0. The van der Waals surface area contributed by atoms with Crippen molar-refractivity contribution in [3.63, 3.8) is 0 Å². The molecule has 27 heavy (non-hydrogen) atoms. The number of hydrogen-bond acceptors (Lipinski definition) is 1. The summed E-state index contributed by atoms with van der Waals surface area (Å²) in [7, 11) is 6.00. The van der Waals surface area contributed by atoms with Gasteiger partial charge in [0.1, 0.15) is 6.54 Å². The van der Waals surface area contributed by atoms with Crippen LogP contribution in [-0.4, -0.2) is 26.0 Å². The molecule has 0 radical (unpaired) electrons. The second kappa shape index (κ2) is 23.4. The first-order valence-electron chi connectivity index (χ1n) is 11.2. The van der Waals surface area contributed by atoms with Gasteiger partial charge in [0.05, 0.1) is 0 Å². The number of pyridine rings is 1. The Kier molecular flexibility index (Phi) is 24.8. The number of halogens is 1. The van der Waals surface area contributed by atoms with E-state index in [1.165, 1.54) is 96.4 Å². The minimum atomic E-state index is 0. The molecule has 0 aliphatic heterocycles. The molecule has 0 N–H and O–H groups in total. The maximum Gasteiger partial charge on any atom is 0.168 e. The van der Waals surface area contributed by atoms with Crippen molar-refractivity contribution in [1.29, 1.82) is 0 Å². The van der Waals surface area contributed by atoms with Gasteiger partial charge < -0.3 is 17.3 Å². The number of aromatic nitrogens is 1. The monoisotopic (exact) mass is 398 g/mol. The molecule has 1 aromatic rings. The third-order valence-corrected chi connectivity index (χ3v) is 4.55. The van der Waals surface area contributed by atoms with E-state index in [1.54, 1.807) is 0 Å². The third-order valence-electron chi connectivity index (χ3n) is 4.55. The highest BCUT2D eigenvalue weighted by atomic mass is 35.5. The van der Waals surface area contributed by atoms with E-state index in [0.29, 0.717) is 0 Å². The summed E-state index contributed by atoms with van der Waals surface area (Å²) in [6.45, 7) is 3.47. The van der Waals surface area contributed by atoms with Crippen molar-refractivity contribution in [3.05, 3.63) is 30.6 Å². The van der Waals surface area contributed by atoms with Crippen LogP contribution in [0.1, 0.15) is 96.8 Å². The summed E-state index contributed by atoms with van der Waals surface area (Å²) in [5.74, 6) is 0. The Bertz CT molecular complexity index is 365. The van der Waals surface area contributed by atoms with Crippen molar-refractivity contribution in [2.24, 2.45) is 0 Å². The topological polar surface area (TPSA) is 7.12 Å². The summed E-state index contributed by atoms with van der Waals surface area (Å²) in [5, 5.41) is 0. The van der Waals surface area contributed by atoms with Crippen molar-refractivity contribution < 1.29 is 17.0 Å². The first-order valence-corrected chi connectivity index (χ1v) is 11.2. The van der Waals surface area contributed by atoms with Gasteiger partial charge in [0.15, 0.2) is 12.4 Å². The molecule has 0 bridgehead atoms. The van der Waals surface area contributed by atoms with E-state index in [0.717, 1.165) is 0 Å². The molecular formula is C24H47ClN2. The van der Waals surface area contributed by atoms with E-state index in [4.69, 9.17) is 0 Å². The zero-order valence-corrected chi connectivity index (χ0v) is 19.5. The van der Waals surface area contributed by atoms with Gasteiger partial charge in [0, 0.05) is 18.6 Å². The number of rotatable bonds is 15. The molecule has 0 fully saturated rings. The van der Waals surface area contributed by atoms with Crippen LogP contribution < -0.4 is 17.0 Å². The summed E-state index contributed by atoms with van der Waals surface area (Å²) in [6.07, 6.45) is 24.4. The first kappa shape index (κ1) is 28.6. The largest absolute Gasteiger partial charge is 1.00 e. The molecule has 0 spiro atoms. The molecular weight excluding hydrogens is 352 g/mol. The van der Waals surface area contributed by atoms with Crippen LogP contribution in [0.25, 0.3) is 0 Å². The summed E-state index contributed by atoms with van der Waals surface area (Å²) < 4.78 is 2.29. The van der Waals surface area contributed by atoms with Crippen molar-refractivity contribution in [3.8, 4) is 0 Å². The Balaban J connectivity index is 0. The Labute approximate surface area is 177 Å². The third kappa shape index (κ3) is 25.4. The van der Waals surface area contributed by atoms with Crippen LogP contribution in [-0.2, 0) is 6.54 Å². The maximum atomic E-state index is 2.29. The van der Waals surface area contributed by atoms with Crippen LogP contribution in [0, 0.1) is 0 Å². The van der Waals surface area contributed by atoms with Crippen LogP contribution >= 0.6 is 0 Å². The molecule has 0 aliphatic rings. The Morgan fingerprint density at radius 3 is 1.26 bits per heavy atom. The summed E-state index contributed by atoms with van der Waals surface area (Å²) in [4.78, 5) is 2.00. The normalized spacial score (nSPS) is 10.3. The lowest BCUT2D eigenvalue weighted by atomic mass is 10.0. The molecule has 1 heterocycles. The Hall–Kier alpha value is -0.600. The second-order valence-electron chi connectivity index (χ2n) is 8.05. The zero-order valence-electron chi connectivity index (χ0n) is 18.8. The highest BCUT2D eigenvalue weighted by Crippen LogP contribution is 2.12. The number of hydrogen-bond donors (Lipinski definition) is 0. The van der Waals surface area contributed by atoms with Gasteiger partial charge in [-0.1, -0.05) is 90.0 Å². The molecule has 3 heteroatoms. The fraction of sp³-hybridized carbons (Fsp3) is 0.792. The molecule has 160 valence electrons. The van der Waals surface area contributed by atoms with Gasteiger partial charge in [-0.05, 0) is 27.6 Å². The predicted molar refractivity (Wildman–Crippen MR) is 117 cm³/mol. The Morgan fingerprint density at radius 1 is 0.556 bits per heavy atom. The van der Waals surface area contributed by atoms with E-state index >= 15 is 0 Å². The molecule has 0 atom stereocenters.